The molecule has 0 aliphatic heterocycles. The molecule has 1 heterocycles. The summed E-state index contributed by atoms with van der Waals surface area (Å²) in [6.45, 7) is 9.24. The van der Waals surface area contributed by atoms with E-state index in [0.717, 1.165) is 5.69 Å². The molecule has 0 aliphatic rings. The third-order valence-electron chi connectivity index (χ3n) is 3.24. The number of hydrogen-bond acceptors (Lipinski definition) is 2. The molecular formula is C17H17ClN2O. The molecule has 21 heavy (non-hydrogen) atoms. The van der Waals surface area contributed by atoms with E-state index in [1.807, 2.05) is 43.3 Å². The average Bonchev–Trinajstić information content (AvgIpc) is 2.46. The molecule has 2 rings (SSSR count). The van der Waals surface area contributed by atoms with Crippen LogP contribution in [-0.4, -0.2) is 4.57 Å². The molecule has 1 aromatic heterocycles. The summed E-state index contributed by atoms with van der Waals surface area (Å²) in [7, 11) is 0. The predicted octanol–water partition coefficient (Wildman–Crippen LogP) is 3.71. The molecule has 0 bridgehead atoms. The zero-order valence-corrected chi connectivity index (χ0v) is 12.6. The van der Waals surface area contributed by atoms with Crippen molar-refractivity contribution in [3.8, 4) is 5.69 Å². The zero-order valence-electron chi connectivity index (χ0n) is 11.8. The number of aromatic nitrogens is 1. The van der Waals surface area contributed by atoms with Gasteiger partial charge in [0.1, 0.15) is 0 Å². The van der Waals surface area contributed by atoms with Crippen LogP contribution in [0, 0.1) is 0 Å². The number of nitrogens with two attached hydrogens (primary N) is 1. The highest BCUT2D eigenvalue weighted by Crippen LogP contribution is 2.23. The maximum Gasteiger partial charge on any atom is 0.264 e. The van der Waals surface area contributed by atoms with Crippen LogP contribution in [0.15, 0.2) is 54.4 Å². The molecule has 1 atom stereocenters. The van der Waals surface area contributed by atoms with Gasteiger partial charge in [0.15, 0.2) is 0 Å². The van der Waals surface area contributed by atoms with Gasteiger partial charge in [0, 0.05) is 22.5 Å². The summed E-state index contributed by atoms with van der Waals surface area (Å²) < 4.78 is 1.57. The maximum atomic E-state index is 12.8. The lowest BCUT2D eigenvalue weighted by atomic mass is 10.0. The number of pyridine rings is 1. The van der Waals surface area contributed by atoms with Crippen molar-refractivity contribution in [2.75, 3.05) is 0 Å². The van der Waals surface area contributed by atoms with Gasteiger partial charge in [-0.05, 0) is 30.7 Å². The zero-order chi connectivity index (χ0) is 15.6. The van der Waals surface area contributed by atoms with E-state index in [1.165, 1.54) is 0 Å². The lowest BCUT2D eigenvalue weighted by molar-refractivity contribution is 0.728. The lowest BCUT2D eigenvalue weighted by Crippen LogP contribution is -2.28. The van der Waals surface area contributed by atoms with Gasteiger partial charge in [-0.2, -0.15) is 0 Å². The normalized spacial score (nSPS) is 12.0. The topological polar surface area (TPSA) is 48.0 Å². The van der Waals surface area contributed by atoms with Gasteiger partial charge >= 0.3 is 0 Å². The third kappa shape index (κ3) is 2.84. The van der Waals surface area contributed by atoms with Crippen LogP contribution in [0.25, 0.3) is 16.8 Å². The molecule has 2 aromatic rings. The molecule has 2 N–H and O–H groups in total. The van der Waals surface area contributed by atoms with Gasteiger partial charge in [0.05, 0.1) is 5.56 Å². The number of para-hydroxylation sites is 1. The Morgan fingerprint density at radius 3 is 2.48 bits per heavy atom. The summed E-state index contributed by atoms with van der Waals surface area (Å²) in [5, 5.41) is 0.191. The smallest absolute Gasteiger partial charge is 0.264 e. The van der Waals surface area contributed by atoms with Crippen LogP contribution in [0.4, 0.5) is 0 Å². The fourth-order valence-corrected chi connectivity index (χ4v) is 2.45. The van der Waals surface area contributed by atoms with Crippen LogP contribution in [0.3, 0.4) is 0 Å². The van der Waals surface area contributed by atoms with E-state index in [4.69, 9.17) is 17.3 Å². The van der Waals surface area contributed by atoms with E-state index in [1.54, 1.807) is 10.6 Å². The molecule has 4 heteroatoms. The van der Waals surface area contributed by atoms with E-state index < -0.39 is 0 Å². The summed E-state index contributed by atoms with van der Waals surface area (Å²) in [6, 6.07) is 10.8. The molecule has 0 fully saturated rings. The summed E-state index contributed by atoms with van der Waals surface area (Å²) in [5.74, 6) is 0. The van der Waals surface area contributed by atoms with Crippen LogP contribution in [0.5, 0.6) is 0 Å². The van der Waals surface area contributed by atoms with Crippen molar-refractivity contribution in [2.45, 2.75) is 13.0 Å². The molecule has 0 spiro atoms. The van der Waals surface area contributed by atoms with Crippen molar-refractivity contribution in [1.29, 1.82) is 0 Å². The second kappa shape index (κ2) is 6.12. The first-order valence-corrected chi connectivity index (χ1v) is 6.93. The minimum atomic E-state index is -0.311. The molecule has 1 aromatic carbocycles. The Labute approximate surface area is 129 Å². The minimum Gasteiger partial charge on any atom is -0.323 e. The Kier molecular flexibility index (Phi) is 4.46. The van der Waals surface area contributed by atoms with Crippen molar-refractivity contribution in [3.63, 3.8) is 0 Å². The molecule has 0 aliphatic carbocycles. The number of nitrogens with zero attached hydrogens (tertiary/aromatic N) is 1. The Morgan fingerprint density at radius 2 is 2.00 bits per heavy atom. The maximum absolute atomic E-state index is 12.8. The van der Waals surface area contributed by atoms with Crippen molar-refractivity contribution in [2.24, 2.45) is 5.73 Å². The standard InChI is InChI=1S/C17H17ClN2O/c1-4-13-10-15(12(3)19)20(14-8-6-5-7-9-14)17(21)16(13)11(2)18/h4-10,12H,1-2,19H2,3H3/t12-/m0/s1. The van der Waals surface area contributed by atoms with E-state index in [2.05, 4.69) is 13.2 Å². The fraction of sp³-hybridized carbons (Fsp3) is 0.118. The van der Waals surface area contributed by atoms with E-state index >= 15 is 0 Å². The summed E-state index contributed by atoms with van der Waals surface area (Å²) in [5.41, 5.74) is 8.20. The molecule has 0 amide bonds. The SMILES string of the molecule is C=Cc1cc([C@H](C)N)n(-c2ccccc2)c(=O)c1C(=C)Cl. The van der Waals surface area contributed by atoms with Crippen LogP contribution in [0.2, 0.25) is 0 Å². The Balaban J connectivity index is 2.91. The van der Waals surface area contributed by atoms with Crippen LogP contribution >= 0.6 is 11.6 Å². The summed E-state index contributed by atoms with van der Waals surface area (Å²) in [6.07, 6.45) is 1.59. The fourth-order valence-electron chi connectivity index (χ4n) is 2.26. The van der Waals surface area contributed by atoms with E-state index in [9.17, 15) is 4.79 Å². The highest BCUT2D eigenvalue weighted by atomic mass is 35.5. The van der Waals surface area contributed by atoms with Gasteiger partial charge in [-0.25, -0.2) is 0 Å². The molecule has 0 radical (unpaired) electrons. The summed E-state index contributed by atoms with van der Waals surface area (Å²) >= 11 is 6.00. The van der Waals surface area contributed by atoms with Crippen LogP contribution in [0.1, 0.15) is 29.8 Å². The number of rotatable bonds is 4. The summed E-state index contributed by atoms with van der Waals surface area (Å²) in [4.78, 5) is 12.8. The predicted molar refractivity (Wildman–Crippen MR) is 89.6 cm³/mol. The Bertz CT molecular complexity index is 745. The van der Waals surface area contributed by atoms with Gasteiger partial charge in [-0.3, -0.25) is 9.36 Å². The Hall–Kier alpha value is -2.10. The minimum absolute atomic E-state index is 0.191. The van der Waals surface area contributed by atoms with Gasteiger partial charge in [0.25, 0.3) is 5.56 Å². The van der Waals surface area contributed by atoms with Crippen molar-refractivity contribution < 1.29 is 0 Å². The quantitative estimate of drug-likeness (QED) is 0.935. The third-order valence-corrected chi connectivity index (χ3v) is 3.43. The van der Waals surface area contributed by atoms with Crippen molar-refractivity contribution in [3.05, 3.63) is 76.7 Å². The molecule has 0 saturated carbocycles. The van der Waals surface area contributed by atoms with E-state index in [-0.39, 0.29) is 16.6 Å². The highest BCUT2D eigenvalue weighted by Gasteiger charge is 2.17. The van der Waals surface area contributed by atoms with Gasteiger partial charge < -0.3 is 5.73 Å². The molecule has 0 unspecified atom stereocenters. The molecule has 108 valence electrons. The first-order chi connectivity index (χ1) is 9.97. The first kappa shape index (κ1) is 15.3. The van der Waals surface area contributed by atoms with Crippen LogP contribution in [-0.2, 0) is 0 Å². The molecule has 0 saturated heterocycles. The van der Waals surface area contributed by atoms with E-state index in [0.29, 0.717) is 16.8 Å². The second-order valence-electron chi connectivity index (χ2n) is 4.77. The Morgan fingerprint density at radius 1 is 1.38 bits per heavy atom. The lowest BCUT2D eigenvalue weighted by Gasteiger charge is -2.19. The van der Waals surface area contributed by atoms with Crippen molar-refractivity contribution >= 4 is 22.7 Å². The second-order valence-corrected chi connectivity index (χ2v) is 5.23. The number of halogens is 1. The average molecular weight is 301 g/mol. The monoisotopic (exact) mass is 300 g/mol. The van der Waals surface area contributed by atoms with Gasteiger partial charge in [-0.1, -0.05) is 49.0 Å². The number of benzene rings is 1. The van der Waals surface area contributed by atoms with Crippen LogP contribution < -0.4 is 11.3 Å². The number of hydrogen-bond donors (Lipinski definition) is 1. The molecular weight excluding hydrogens is 284 g/mol. The first-order valence-electron chi connectivity index (χ1n) is 6.55. The molecule has 3 nitrogen and oxygen atoms in total. The van der Waals surface area contributed by atoms with Crippen molar-refractivity contribution in [1.82, 2.24) is 4.57 Å². The van der Waals surface area contributed by atoms with Gasteiger partial charge in [-0.15, -0.1) is 0 Å². The van der Waals surface area contributed by atoms with Gasteiger partial charge in [0.2, 0.25) is 0 Å². The largest absolute Gasteiger partial charge is 0.323 e. The highest BCUT2D eigenvalue weighted by molar-refractivity contribution is 6.48.